The van der Waals surface area contributed by atoms with Gasteiger partial charge < -0.3 is 9.29 Å². The molecular weight excluding hydrogens is 371 g/mol. The molecule has 0 aliphatic rings. The SMILES string of the molecule is CCCCCCCCCCCCCCCCC(CS(=O)(=O)[O-])OCCC.[Na+]. The summed E-state index contributed by atoms with van der Waals surface area (Å²) in [6.07, 6.45) is 19.3. The van der Waals surface area contributed by atoms with Crippen molar-refractivity contribution in [2.24, 2.45) is 0 Å². The first-order chi connectivity index (χ1) is 12.5. The molecule has 0 spiro atoms. The van der Waals surface area contributed by atoms with Gasteiger partial charge in [0.1, 0.15) is 0 Å². The maximum atomic E-state index is 10.9. The van der Waals surface area contributed by atoms with Gasteiger partial charge in [0.2, 0.25) is 0 Å². The number of hydrogen-bond acceptors (Lipinski definition) is 4. The van der Waals surface area contributed by atoms with Crippen LogP contribution in [-0.4, -0.2) is 31.4 Å². The van der Waals surface area contributed by atoms with Gasteiger partial charge in [-0.05, 0) is 12.8 Å². The van der Waals surface area contributed by atoms with Crippen LogP contribution >= 0.6 is 0 Å². The van der Waals surface area contributed by atoms with E-state index in [4.69, 9.17) is 4.74 Å². The Morgan fingerprint density at radius 3 is 1.48 bits per heavy atom. The Balaban J connectivity index is 0. The molecule has 0 amide bonds. The van der Waals surface area contributed by atoms with Crippen molar-refractivity contribution in [3.05, 3.63) is 0 Å². The molecule has 0 aliphatic carbocycles. The average molecular weight is 415 g/mol. The van der Waals surface area contributed by atoms with Gasteiger partial charge in [-0.2, -0.15) is 0 Å². The standard InChI is InChI=1S/C21H44O4S.Na/c1-3-5-6-7-8-9-10-11-12-13-14-15-16-17-18-21(25-19-4-2)20-26(22,23)24;/h21H,3-20H2,1-2H3,(H,22,23,24);/q;+1/p-1. The second-order valence-corrected chi connectivity index (χ2v) is 9.05. The van der Waals surface area contributed by atoms with Gasteiger partial charge in [0.15, 0.2) is 0 Å². The van der Waals surface area contributed by atoms with Crippen LogP contribution in [-0.2, 0) is 14.9 Å². The third-order valence-electron chi connectivity index (χ3n) is 4.83. The maximum absolute atomic E-state index is 10.9. The van der Waals surface area contributed by atoms with Crippen LogP contribution in [0.4, 0.5) is 0 Å². The Labute approximate surface area is 191 Å². The van der Waals surface area contributed by atoms with Gasteiger partial charge in [0.25, 0.3) is 0 Å². The van der Waals surface area contributed by atoms with E-state index in [0.717, 1.165) is 19.3 Å². The molecule has 0 aromatic rings. The van der Waals surface area contributed by atoms with Crippen molar-refractivity contribution in [1.82, 2.24) is 0 Å². The minimum atomic E-state index is -4.20. The molecule has 1 atom stereocenters. The second-order valence-electron chi connectivity index (χ2n) is 7.60. The van der Waals surface area contributed by atoms with Gasteiger partial charge in [0.05, 0.1) is 22.0 Å². The molecule has 0 aromatic carbocycles. The van der Waals surface area contributed by atoms with E-state index in [9.17, 15) is 13.0 Å². The predicted molar refractivity (Wildman–Crippen MR) is 110 cm³/mol. The number of hydrogen-bond donors (Lipinski definition) is 0. The fourth-order valence-electron chi connectivity index (χ4n) is 3.29. The molecule has 0 bridgehead atoms. The van der Waals surface area contributed by atoms with E-state index in [0.29, 0.717) is 13.0 Å². The third kappa shape index (κ3) is 24.8. The van der Waals surface area contributed by atoms with Gasteiger partial charge in [-0.25, -0.2) is 8.42 Å². The van der Waals surface area contributed by atoms with Crippen molar-refractivity contribution in [2.45, 2.75) is 123 Å². The maximum Gasteiger partial charge on any atom is 1.00 e. The van der Waals surface area contributed by atoms with Crippen LogP contribution in [0.15, 0.2) is 0 Å². The molecule has 0 radical (unpaired) electrons. The largest absolute Gasteiger partial charge is 1.00 e. The predicted octanol–water partition coefficient (Wildman–Crippen LogP) is 3.20. The summed E-state index contributed by atoms with van der Waals surface area (Å²) in [6, 6.07) is 0. The van der Waals surface area contributed by atoms with Crippen molar-refractivity contribution < 1.29 is 47.3 Å². The number of ether oxygens (including phenoxy) is 1. The minimum Gasteiger partial charge on any atom is -0.748 e. The first kappa shape index (κ1) is 30.1. The normalized spacial score (nSPS) is 12.7. The number of rotatable bonds is 20. The molecule has 158 valence electrons. The van der Waals surface area contributed by atoms with E-state index in [1.807, 2.05) is 6.92 Å². The molecule has 0 fully saturated rings. The van der Waals surface area contributed by atoms with E-state index >= 15 is 0 Å². The molecule has 27 heavy (non-hydrogen) atoms. The summed E-state index contributed by atoms with van der Waals surface area (Å²) in [4.78, 5) is 0. The van der Waals surface area contributed by atoms with E-state index < -0.39 is 16.2 Å². The molecule has 0 N–H and O–H groups in total. The monoisotopic (exact) mass is 414 g/mol. The zero-order valence-corrected chi connectivity index (χ0v) is 21.2. The van der Waals surface area contributed by atoms with Gasteiger partial charge in [-0.15, -0.1) is 0 Å². The summed E-state index contributed by atoms with van der Waals surface area (Å²) in [5.41, 5.74) is 0. The summed E-state index contributed by atoms with van der Waals surface area (Å²) in [5.74, 6) is -0.383. The van der Waals surface area contributed by atoms with E-state index in [1.165, 1.54) is 77.0 Å². The van der Waals surface area contributed by atoms with Crippen LogP contribution in [0.5, 0.6) is 0 Å². The van der Waals surface area contributed by atoms with Crippen LogP contribution in [0, 0.1) is 0 Å². The van der Waals surface area contributed by atoms with Crippen molar-refractivity contribution in [3.63, 3.8) is 0 Å². The molecule has 1 unspecified atom stereocenters. The molecule has 0 saturated heterocycles. The van der Waals surface area contributed by atoms with E-state index in [2.05, 4.69) is 6.92 Å². The van der Waals surface area contributed by atoms with Crippen molar-refractivity contribution >= 4 is 10.1 Å². The molecule has 0 aromatic heterocycles. The van der Waals surface area contributed by atoms with E-state index in [1.54, 1.807) is 0 Å². The Hall–Kier alpha value is 0.870. The third-order valence-corrected chi connectivity index (χ3v) is 5.61. The second kappa shape index (κ2) is 21.6. The summed E-state index contributed by atoms with van der Waals surface area (Å²) in [5, 5.41) is 0. The molecule has 6 heteroatoms. The average Bonchev–Trinajstić information content (AvgIpc) is 2.58. The fraction of sp³-hybridized carbons (Fsp3) is 1.00. The molecule has 0 aliphatic heterocycles. The van der Waals surface area contributed by atoms with Crippen LogP contribution < -0.4 is 29.6 Å². The number of unbranched alkanes of at least 4 members (excludes halogenated alkanes) is 13. The Kier molecular flexibility index (Phi) is 24.0. The summed E-state index contributed by atoms with van der Waals surface area (Å²) >= 11 is 0. The van der Waals surface area contributed by atoms with Crippen molar-refractivity contribution in [2.75, 3.05) is 12.4 Å². The molecule has 0 saturated carbocycles. The van der Waals surface area contributed by atoms with Crippen LogP contribution in [0.3, 0.4) is 0 Å². The molecular formula is C21H43NaO4S. The van der Waals surface area contributed by atoms with Crippen LogP contribution in [0.1, 0.15) is 117 Å². The molecule has 0 rings (SSSR count). The summed E-state index contributed by atoms with van der Waals surface area (Å²) in [7, 11) is -4.20. The van der Waals surface area contributed by atoms with Crippen LogP contribution in [0.25, 0.3) is 0 Å². The summed E-state index contributed by atoms with van der Waals surface area (Å²) < 4.78 is 38.3. The summed E-state index contributed by atoms with van der Waals surface area (Å²) in [6.45, 7) is 4.77. The van der Waals surface area contributed by atoms with Crippen molar-refractivity contribution in [3.8, 4) is 0 Å². The molecule has 0 heterocycles. The minimum absolute atomic E-state index is 0. The Morgan fingerprint density at radius 2 is 1.11 bits per heavy atom. The topological polar surface area (TPSA) is 66.4 Å². The first-order valence-corrected chi connectivity index (χ1v) is 12.6. The smallest absolute Gasteiger partial charge is 0.748 e. The quantitative estimate of drug-likeness (QED) is 0.174. The van der Waals surface area contributed by atoms with Gasteiger partial charge in [-0.3, -0.25) is 0 Å². The fourth-order valence-corrected chi connectivity index (χ4v) is 4.01. The van der Waals surface area contributed by atoms with E-state index in [-0.39, 0.29) is 35.3 Å². The Morgan fingerprint density at radius 1 is 0.704 bits per heavy atom. The van der Waals surface area contributed by atoms with Gasteiger partial charge >= 0.3 is 29.6 Å². The molecule has 4 nitrogen and oxygen atoms in total. The Bertz CT molecular complexity index is 388. The first-order valence-electron chi connectivity index (χ1n) is 11.0. The van der Waals surface area contributed by atoms with Gasteiger partial charge in [-0.1, -0.05) is 104 Å². The van der Waals surface area contributed by atoms with Crippen LogP contribution in [0.2, 0.25) is 0 Å². The zero-order chi connectivity index (χ0) is 19.5. The van der Waals surface area contributed by atoms with Gasteiger partial charge in [0, 0.05) is 6.61 Å². The zero-order valence-electron chi connectivity index (χ0n) is 18.3. The van der Waals surface area contributed by atoms with Crippen molar-refractivity contribution in [1.29, 1.82) is 0 Å².